The Morgan fingerprint density at radius 3 is 2.40 bits per heavy atom. The summed E-state index contributed by atoms with van der Waals surface area (Å²) < 4.78 is 0. The van der Waals surface area contributed by atoms with Crippen LogP contribution in [0.1, 0.15) is 40.0 Å². The first-order valence-corrected chi connectivity index (χ1v) is 5.58. The van der Waals surface area contributed by atoms with Gasteiger partial charge in [0.25, 0.3) is 0 Å². The molecule has 0 bridgehead atoms. The highest BCUT2D eigenvalue weighted by atomic mass is 35.5. The Labute approximate surface area is 99.6 Å². The molecule has 0 fully saturated rings. The van der Waals surface area contributed by atoms with Gasteiger partial charge in [-0.3, -0.25) is 4.79 Å². The average Bonchev–Trinajstić information content (AvgIpc) is 2.14. The second-order valence-electron chi connectivity index (χ2n) is 4.11. The molecule has 0 aliphatic rings. The van der Waals surface area contributed by atoms with Crippen LogP contribution < -0.4 is 11.1 Å². The van der Waals surface area contributed by atoms with Gasteiger partial charge in [0.1, 0.15) is 0 Å². The number of amides is 1. The monoisotopic (exact) mass is 236 g/mol. The van der Waals surface area contributed by atoms with Crippen molar-refractivity contribution in [3.8, 4) is 0 Å². The number of hydrogen-bond acceptors (Lipinski definition) is 2. The summed E-state index contributed by atoms with van der Waals surface area (Å²) in [6, 6.07) is 0. The van der Waals surface area contributed by atoms with Crippen molar-refractivity contribution >= 4 is 18.3 Å². The van der Waals surface area contributed by atoms with Crippen LogP contribution in [0.5, 0.6) is 0 Å². The molecule has 1 amide bonds. The number of nitrogens with one attached hydrogen (secondary N) is 1. The molecule has 0 spiro atoms. The van der Waals surface area contributed by atoms with Crippen LogP contribution in [0.4, 0.5) is 0 Å². The third kappa shape index (κ3) is 8.70. The van der Waals surface area contributed by atoms with Crippen LogP contribution in [0.25, 0.3) is 0 Å². The lowest BCUT2D eigenvalue weighted by Gasteiger charge is -2.18. The van der Waals surface area contributed by atoms with Crippen molar-refractivity contribution < 1.29 is 4.79 Å². The van der Waals surface area contributed by atoms with E-state index >= 15 is 0 Å². The third-order valence-corrected chi connectivity index (χ3v) is 2.62. The van der Waals surface area contributed by atoms with Crippen LogP contribution in [-0.4, -0.2) is 19.0 Å². The maximum atomic E-state index is 11.4. The van der Waals surface area contributed by atoms with Crippen LogP contribution in [0.15, 0.2) is 0 Å². The number of halogens is 1. The molecule has 0 saturated carbocycles. The Hall–Kier alpha value is -0.280. The number of rotatable bonds is 7. The van der Waals surface area contributed by atoms with E-state index in [1.54, 1.807) is 0 Å². The second-order valence-corrected chi connectivity index (χ2v) is 4.11. The fourth-order valence-corrected chi connectivity index (χ4v) is 1.49. The topological polar surface area (TPSA) is 55.1 Å². The molecule has 0 aromatic rings. The first-order valence-electron chi connectivity index (χ1n) is 5.58. The minimum atomic E-state index is 0. The van der Waals surface area contributed by atoms with Crippen molar-refractivity contribution in [2.24, 2.45) is 17.6 Å². The van der Waals surface area contributed by atoms with Crippen molar-refractivity contribution in [3.05, 3.63) is 0 Å². The number of carbonyl (C=O) groups excluding carboxylic acids is 1. The predicted molar refractivity (Wildman–Crippen MR) is 67.2 cm³/mol. The van der Waals surface area contributed by atoms with Gasteiger partial charge in [-0.05, 0) is 24.8 Å². The Bertz CT molecular complexity index is 163. The van der Waals surface area contributed by atoms with E-state index in [2.05, 4.69) is 26.1 Å². The van der Waals surface area contributed by atoms with E-state index in [0.29, 0.717) is 31.3 Å². The Kier molecular flexibility index (Phi) is 11.7. The van der Waals surface area contributed by atoms with Gasteiger partial charge in [0.05, 0.1) is 0 Å². The molecule has 1 atom stereocenters. The SMILES string of the molecule is CCC(CC(=O)NCCCN)C(C)C.Cl. The highest BCUT2D eigenvalue weighted by molar-refractivity contribution is 5.85. The van der Waals surface area contributed by atoms with E-state index in [-0.39, 0.29) is 18.3 Å². The minimum absolute atomic E-state index is 0. The van der Waals surface area contributed by atoms with Crippen LogP contribution in [0, 0.1) is 11.8 Å². The van der Waals surface area contributed by atoms with Gasteiger partial charge < -0.3 is 11.1 Å². The first kappa shape index (κ1) is 17.1. The van der Waals surface area contributed by atoms with Gasteiger partial charge in [-0.25, -0.2) is 0 Å². The summed E-state index contributed by atoms with van der Waals surface area (Å²) in [5.41, 5.74) is 5.34. The molecular formula is C11H25ClN2O. The second kappa shape index (κ2) is 10.2. The maximum absolute atomic E-state index is 11.4. The normalized spacial score (nSPS) is 12.1. The smallest absolute Gasteiger partial charge is 0.220 e. The standard InChI is InChI=1S/C11H24N2O.ClH/c1-4-10(9(2)3)8-11(14)13-7-5-6-12;/h9-10H,4-8,12H2,1-3H3,(H,13,14);1H. The molecule has 15 heavy (non-hydrogen) atoms. The van der Waals surface area contributed by atoms with Gasteiger partial charge in [-0.2, -0.15) is 0 Å². The lowest BCUT2D eigenvalue weighted by Crippen LogP contribution is -2.28. The molecule has 0 aliphatic heterocycles. The molecule has 0 radical (unpaired) electrons. The molecule has 4 heteroatoms. The third-order valence-electron chi connectivity index (χ3n) is 2.62. The van der Waals surface area contributed by atoms with Gasteiger partial charge in [0, 0.05) is 13.0 Å². The van der Waals surface area contributed by atoms with Crippen LogP contribution in [0.3, 0.4) is 0 Å². The maximum Gasteiger partial charge on any atom is 0.220 e. The number of nitrogens with two attached hydrogens (primary N) is 1. The summed E-state index contributed by atoms with van der Waals surface area (Å²) in [5, 5.41) is 2.88. The molecule has 0 aliphatic carbocycles. The van der Waals surface area contributed by atoms with Crippen LogP contribution in [0.2, 0.25) is 0 Å². The summed E-state index contributed by atoms with van der Waals surface area (Å²) >= 11 is 0. The van der Waals surface area contributed by atoms with Gasteiger partial charge in [0.2, 0.25) is 5.91 Å². The fraction of sp³-hybridized carbons (Fsp3) is 0.909. The molecule has 0 aromatic heterocycles. The van der Waals surface area contributed by atoms with Gasteiger partial charge in [-0.1, -0.05) is 27.2 Å². The van der Waals surface area contributed by atoms with Crippen molar-refractivity contribution in [2.75, 3.05) is 13.1 Å². The van der Waals surface area contributed by atoms with Crippen molar-refractivity contribution in [1.82, 2.24) is 5.32 Å². The molecule has 92 valence electrons. The predicted octanol–water partition coefficient (Wildman–Crippen LogP) is 1.95. The minimum Gasteiger partial charge on any atom is -0.356 e. The van der Waals surface area contributed by atoms with E-state index in [1.165, 1.54) is 0 Å². The Balaban J connectivity index is 0. The summed E-state index contributed by atoms with van der Waals surface area (Å²) in [6.07, 6.45) is 2.59. The molecule has 3 nitrogen and oxygen atoms in total. The summed E-state index contributed by atoms with van der Waals surface area (Å²) in [5.74, 6) is 1.26. The zero-order valence-electron chi connectivity index (χ0n) is 10.1. The van der Waals surface area contributed by atoms with Crippen molar-refractivity contribution in [1.29, 1.82) is 0 Å². The Morgan fingerprint density at radius 2 is 2.00 bits per heavy atom. The molecule has 0 saturated heterocycles. The zero-order valence-corrected chi connectivity index (χ0v) is 10.9. The number of carbonyl (C=O) groups is 1. The molecule has 3 N–H and O–H groups in total. The molecular weight excluding hydrogens is 212 g/mol. The lowest BCUT2D eigenvalue weighted by molar-refractivity contribution is -0.122. The van der Waals surface area contributed by atoms with Crippen molar-refractivity contribution in [3.63, 3.8) is 0 Å². The van der Waals surface area contributed by atoms with E-state index in [1.807, 2.05) is 0 Å². The van der Waals surface area contributed by atoms with Gasteiger partial charge in [0.15, 0.2) is 0 Å². The Morgan fingerprint density at radius 1 is 1.40 bits per heavy atom. The van der Waals surface area contributed by atoms with E-state index in [0.717, 1.165) is 12.8 Å². The van der Waals surface area contributed by atoms with E-state index < -0.39 is 0 Å². The summed E-state index contributed by atoms with van der Waals surface area (Å²) in [6.45, 7) is 7.83. The van der Waals surface area contributed by atoms with E-state index in [9.17, 15) is 4.79 Å². The van der Waals surface area contributed by atoms with Crippen LogP contribution >= 0.6 is 12.4 Å². The fourth-order valence-electron chi connectivity index (χ4n) is 1.49. The largest absolute Gasteiger partial charge is 0.356 e. The van der Waals surface area contributed by atoms with Crippen LogP contribution in [-0.2, 0) is 4.79 Å². The summed E-state index contributed by atoms with van der Waals surface area (Å²) in [7, 11) is 0. The van der Waals surface area contributed by atoms with Crippen molar-refractivity contribution in [2.45, 2.75) is 40.0 Å². The zero-order chi connectivity index (χ0) is 11.0. The highest BCUT2D eigenvalue weighted by Gasteiger charge is 2.14. The van der Waals surface area contributed by atoms with Gasteiger partial charge >= 0.3 is 0 Å². The molecule has 0 rings (SSSR count). The highest BCUT2D eigenvalue weighted by Crippen LogP contribution is 2.18. The lowest BCUT2D eigenvalue weighted by atomic mass is 9.90. The van der Waals surface area contributed by atoms with E-state index in [4.69, 9.17) is 5.73 Å². The molecule has 0 heterocycles. The quantitative estimate of drug-likeness (QED) is 0.664. The number of hydrogen-bond donors (Lipinski definition) is 2. The average molecular weight is 237 g/mol. The molecule has 1 unspecified atom stereocenters. The molecule has 0 aromatic carbocycles. The summed E-state index contributed by atoms with van der Waals surface area (Å²) in [4.78, 5) is 11.4. The van der Waals surface area contributed by atoms with Gasteiger partial charge in [-0.15, -0.1) is 12.4 Å². The first-order chi connectivity index (χ1) is 6.61.